The summed E-state index contributed by atoms with van der Waals surface area (Å²) in [5.41, 5.74) is 8.15. The number of fused-ring (bicyclic) bond motifs is 1. The fourth-order valence-electron chi connectivity index (χ4n) is 8.06. The number of rotatable bonds is 3. The number of benzene rings is 2. The van der Waals surface area contributed by atoms with Gasteiger partial charge in [-0.2, -0.15) is 0 Å². The average molecular weight is 787 g/mol. The Morgan fingerprint density at radius 1 is 0.982 bits per heavy atom. The van der Waals surface area contributed by atoms with Gasteiger partial charge in [0.15, 0.2) is 11.5 Å². The molecule has 2 bridgehead atoms. The van der Waals surface area contributed by atoms with Crippen molar-refractivity contribution >= 4 is 35.5 Å². The van der Waals surface area contributed by atoms with Crippen LogP contribution in [0.5, 0.6) is 11.5 Å². The van der Waals surface area contributed by atoms with Gasteiger partial charge in [-0.05, 0) is 75.9 Å². The van der Waals surface area contributed by atoms with Crippen molar-refractivity contribution in [1.82, 2.24) is 24.6 Å². The Kier molecular flexibility index (Phi) is 16.4. The van der Waals surface area contributed by atoms with Crippen LogP contribution in [0, 0.1) is 11.8 Å². The molecule has 5 atom stereocenters. The molecular formula is C44H62N6O7. The number of para-hydroxylation sites is 1. The summed E-state index contributed by atoms with van der Waals surface area (Å²) in [7, 11) is 7.41. The van der Waals surface area contributed by atoms with E-state index in [0.717, 1.165) is 70.2 Å². The lowest BCUT2D eigenvalue weighted by atomic mass is 9.53. The van der Waals surface area contributed by atoms with Crippen molar-refractivity contribution in [3.8, 4) is 11.5 Å². The lowest BCUT2D eigenvalue weighted by Crippen LogP contribution is -2.64. The second-order valence-corrected chi connectivity index (χ2v) is 15.9. The lowest BCUT2D eigenvalue weighted by molar-refractivity contribution is -0.126. The molecule has 9 rings (SSSR count). The number of hydrogen-bond acceptors (Lipinski definition) is 9. The second-order valence-electron chi connectivity index (χ2n) is 15.9. The van der Waals surface area contributed by atoms with E-state index < -0.39 is 6.10 Å². The maximum Gasteiger partial charge on any atom is 0.222 e. The Balaban J connectivity index is 0.000000169. The monoisotopic (exact) mass is 786 g/mol. The SMILES string of the molecule is CC(C)C(N)=O.CN(C)C=O.CN1CCCC1=O.CN1CC[C@]23c4c5ccc(O)c4O[C@H]2[C@@H](O)C=C[C@H]3[C@H]1C5.O=CN1CCCCC1.c1ccc2ncccc2c1. The molecule has 4 aliphatic heterocycles. The first-order valence-corrected chi connectivity index (χ1v) is 20.0. The number of likely N-dealkylation sites (tertiary alicyclic amines) is 3. The molecule has 310 valence electrons. The Labute approximate surface area is 337 Å². The number of phenolic OH excluding ortho intramolecular Hbond substituents is 1. The molecule has 0 unspecified atom stereocenters. The molecule has 13 nitrogen and oxygen atoms in total. The van der Waals surface area contributed by atoms with Gasteiger partial charge in [0.25, 0.3) is 0 Å². The Morgan fingerprint density at radius 3 is 2.19 bits per heavy atom. The quantitative estimate of drug-likeness (QED) is 0.261. The smallest absolute Gasteiger partial charge is 0.222 e. The van der Waals surface area contributed by atoms with Gasteiger partial charge in [0.1, 0.15) is 12.2 Å². The number of aliphatic hydroxyl groups excluding tert-OH is 1. The number of nitrogens with zero attached hydrogens (tertiary/aromatic N) is 5. The number of piperidine rings is 2. The average Bonchev–Trinajstić information content (AvgIpc) is 3.78. The number of carbonyl (C=O) groups excluding carboxylic acids is 4. The van der Waals surface area contributed by atoms with Crippen LogP contribution in [0.2, 0.25) is 0 Å². The number of amides is 4. The van der Waals surface area contributed by atoms with Crippen molar-refractivity contribution in [1.29, 1.82) is 0 Å². The first kappa shape index (κ1) is 44.7. The number of primary amides is 1. The van der Waals surface area contributed by atoms with Crippen LogP contribution in [-0.2, 0) is 31.0 Å². The van der Waals surface area contributed by atoms with Crippen LogP contribution in [-0.4, -0.2) is 132 Å². The number of pyridine rings is 1. The molecule has 4 amide bonds. The first-order valence-electron chi connectivity index (χ1n) is 20.0. The third kappa shape index (κ3) is 11.1. The van der Waals surface area contributed by atoms with Gasteiger partial charge in [0.05, 0.1) is 5.52 Å². The predicted octanol–water partition coefficient (Wildman–Crippen LogP) is 4.13. The molecule has 4 N–H and O–H groups in total. The molecule has 3 aromatic rings. The second kappa shape index (κ2) is 20.9. The van der Waals surface area contributed by atoms with E-state index >= 15 is 0 Å². The molecule has 5 heterocycles. The van der Waals surface area contributed by atoms with Crippen LogP contribution in [0.25, 0.3) is 10.9 Å². The first-order chi connectivity index (χ1) is 27.2. The Morgan fingerprint density at radius 2 is 1.65 bits per heavy atom. The standard InChI is InChI=1S/C17H19NO3.C9H7N.C6H11NO.C5H9NO.C4H9NO.C3H7NO/c1-18-7-6-17-10-3-5-13(20)16(17)21-15-12(19)4-2-9(14(15)17)8-11(10)18;1-2-6-9-8(4-1)5-3-7-10-9;8-6-7-4-2-1-3-5-7;1-6-4-2-3-5(6)7;1-3(2)4(5)6;1-4(2)3-5/h2-5,10-11,13,16,19-20H,6-8H2,1H3;1-7H;6H,1-5H2;2-4H2,1H3;3H,1-2H3,(H2,5,6);3H,1-2H3/t10-,11+,13-,16-,17-;;;;;/m0...../s1. The highest BCUT2D eigenvalue weighted by Crippen LogP contribution is 2.62. The van der Waals surface area contributed by atoms with Crippen molar-refractivity contribution < 1.29 is 34.1 Å². The number of carbonyl (C=O) groups is 4. The molecule has 57 heavy (non-hydrogen) atoms. The number of hydrogen-bond donors (Lipinski definition) is 3. The number of aromatic nitrogens is 1. The zero-order valence-corrected chi connectivity index (χ0v) is 34.4. The fourth-order valence-corrected chi connectivity index (χ4v) is 8.06. The molecule has 0 saturated carbocycles. The zero-order chi connectivity index (χ0) is 41.7. The van der Waals surface area contributed by atoms with Crippen LogP contribution in [0.3, 0.4) is 0 Å². The van der Waals surface area contributed by atoms with E-state index in [2.05, 4.69) is 35.1 Å². The van der Waals surface area contributed by atoms with E-state index in [1.54, 1.807) is 38.9 Å². The number of likely N-dealkylation sites (N-methyl/N-ethyl adjacent to an activating group) is 1. The molecule has 1 spiro atoms. The van der Waals surface area contributed by atoms with E-state index in [1.165, 1.54) is 40.7 Å². The van der Waals surface area contributed by atoms with Crippen LogP contribution in [0.4, 0.5) is 0 Å². The molecule has 2 aromatic carbocycles. The highest BCUT2D eigenvalue weighted by molar-refractivity contribution is 5.78. The number of aliphatic hydroxyl groups is 1. The van der Waals surface area contributed by atoms with Gasteiger partial charge in [0.2, 0.25) is 24.6 Å². The molecule has 0 radical (unpaired) electrons. The molecule has 13 heteroatoms. The van der Waals surface area contributed by atoms with Crippen molar-refractivity contribution in [2.24, 2.45) is 17.6 Å². The van der Waals surface area contributed by atoms with Gasteiger partial charge in [0, 0.05) is 87.6 Å². The van der Waals surface area contributed by atoms with Crippen molar-refractivity contribution in [3.05, 3.63) is 78.0 Å². The topological polar surface area (TPSA) is 170 Å². The minimum absolute atomic E-state index is 0.00926. The lowest BCUT2D eigenvalue weighted by Gasteiger charge is -2.56. The predicted molar refractivity (Wildman–Crippen MR) is 221 cm³/mol. The van der Waals surface area contributed by atoms with Crippen LogP contribution in [0.1, 0.15) is 63.5 Å². The number of ether oxygens (including phenoxy) is 1. The number of nitrogens with two attached hydrogens (primary N) is 1. The minimum atomic E-state index is -0.594. The normalized spacial score (nSPS) is 24.5. The van der Waals surface area contributed by atoms with Gasteiger partial charge in [-0.15, -0.1) is 0 Å². The third-order valence-electron chi connectivity index (χ3n) is 11.3. The van der Waals surface area contributed by atoms with Crippen molar-refractivity contribution in [3.63, 3.8) is 0 Å². The summed E-state index contributed by atoms with van der Waals surface area (Å²) in [4.78, 5) is 51.6. The maximum atomic E-state index is 10.5. The third-order valence-corrected chi connectivity index (χ3v) is 11.3. The Bertz CT molecular complexity index is 1760. The summed E-state index contributed by atoms with van der Waals surface area (Å²) in [5.74, 6) is 1.23. The van der Waals surface area contributed by atoms with E-state index in [1.807, 2.05) is 54.6 Å². The molecule has 3 saturated heterocycles. The van der Waals surface area contributed by atoms with Gasteiger partial charge in [-0.3, -0.25) is 24.2 Å². The van der Waals surface area contributed by atoms with E-state index in [-0.39, 0.29) is 29.1 Å². The molecular weight excluding hydrogens is 725 g/mol. The summed E-state index contributed by atoms with van der Waals surface area (Å²) in [5, 5.41) is 21.8. The van der Waals surface area contributed by atoms with Gasteiger partial charge < -0.3 is 40.3 Å². The van der Waals surface area contributed by atoms with E-state index in [0.29, 0.717) is 23.6 Å². The fraction of sp³-hybridized carbons (Fsp3) is 0.523. The van der Waals surface area contributed by atoms with Crippen LogP contribution < -0.4 is 10.5 Å². The summed E-state index contributed by atoms with van der Waals surface area (Å²) in [6.45, 7) is 7.45. The van der Waals surface area contributed by atoms with Crippen molar-refractivity contribution in [2.45, 2.75) is 82.5 Å². The zero-order valence-electron chi connectivity index (χ0n) is 34.4. The summed E-state index contributed by atoms with van der Waals surface area (Å²) >= 11 is 0. The van der Waals surface area contributed by atoms with Crippen molar-refractivity contribution in [2.75, 3.05) is 54.4 Å². The van der Waals surface area contributed by atoms with E-state index in [4.69, 9.17) is 10.5 Å². The van der Waals surface area contributed by atoms with Gasteiger partial charge in [-0.1, -0.05) is 56.3 Å². The largest absolute Gasteiger partial charge is 0.504 e. The number of phenols is 1. The molecule has 6 aliphatic rings. The molecule has 3 fully saturated rings. The summed E-state index contributed by atoms with van der Waals surface area (Å²) in [6.07, 6.45) is 14.2. The van der Waals surface area contributed by atoms with Gasteiger partial charge in [-0.25, -0.2) is 0 Å². The molecule has 1 aromatic heterocycles. The van der Waals surface area contributed by atoms with Crippen LogP contribution in [0.15, 0.2) is 66.9 Å². The minimum Gasteiger partial charge on any atom is -0.504 e. The highest BCUT2D eigenvalue weighted by Gasteiger charge is 2.64. The Hall–Kier alpha value is -5.01. The highest BCUT2D eigenvalue weighted by atomic mass is 16.5. The number of aromatic hydroxyl groups is 1. The van der Waals surface area contributed by atoms with E-state index in [9.17, 15) is 29.4 Å². The van der Waals surface area contributed by atoms with Crippen LogP contribution >= 0.6 is 0 Å². The maximum absolute atomic E-state index is 10.5. The van der Waals surface area contributed by atoms with Gasteiger partial charge >= 0.3 is 0 Å². The molecule has 2 aliphatic carbocycles. The summed E-state index contributed by atoms with van der Waals surface area (Å²) < 4.78 is 6.09. The summed E-state index contributed by atoms with van der Waals surface area (Å²) in [6, 6.07) is 16.3.